The second kappa shape index (κ2) is 10.9. The molecule has 39 heavy (non-hydrogen) atoms. The number of fused-ring (bicyclic) bond motifs is 1. The average molecular weight is 527 g/mol. The molecule has 1 aliphatic carbocycles. The second-order valence-corrected chi connectivity index (χ2v) is 9.56. The van der Waals surface area contributed by atoms with Gasteiger partial charge in [-0.1, -0.05) is 54.6 Å². The number of nitrogens with zero attached hydrogens (tertiary/aromatic N) is 1. The lowest BCUT2D eigenvalue weighted by Gasteiger charge is -2.19. The van der Waals surface area contributed by atoms with Crippen LogP contribution in [0.25, 0.3) is 0 Å². The first-order chi connectivity index (χ1) is 18.8. The van der Waals surface area contributed by atoms with E-state index in [0.717, 1.165) is 28.8 Å². The van der Waals surface area contributed by atoms with Crippen molar-refractivity contribution in [3.63, 3.8) is 0 Å². The molecule has 1 atom stereocenters. The van der Waals surface area contributed by atoms with E-state index in [4.69, 9.17) is 0 Å². The minimum atomic E-state index is -1.03. The topological polar surface area (TPSA) is 85.2 Å². The van der Waals surface area contributed by atoms with Crippen LogP contribution in [0.2, 0.25) is 0 Å². The normalized spacial score (nSPS) is 13.1. The molecule has 5 rings (SSSR count). The molecule has 0 aliphatic heterocycles. The lowest BCUT2D eigenvalue weighted by atomic mass is 9.95. The zero-order valence-electron chi connectivity index (χ0n) is 20.8. The van der Waals surface area contributed by atoms with Crippen molar-refractivity contribution in [1.82, 2.24) is 9.88 Å². The number of halogens is 2. The Hall–Kier alpha value is -4.72. The van der Waals surface area contributed by atoms with Crippen molar-refractivity contribution in [3.8, 4) is 0 Å². The lowest BCUT2D eigenvalue weighted by molar-refractivity contribution is -0.120. The molecule has 4 aromatic rings. The van der Waals surface area contributed by atoms with Crippen molar-refractivity contribution >= 4 is 17.5 Å². The summed E-state index contributed by atoms with van der Waals surface area (Å²) < 4.78 is 28.1. The summed E-state index contributed by atoms with van der Waals surface area (Å²) in [5.74, 6) is -2.91. The van der Waals surface area contributed by atoms with Gasteiger partial charge in [-0.15, -0.1) is 0 Å². The molecule has 0 saturated carbocycles. The molecule has 8 heteroatoms. The molecule has 1 amide bonds. The molecule has 6 nitrogen and oxygen atoms in total. The van der Waals surface area contributed by atoms with Crippen LogP contribution in [0.5, 0.6) is 0 Å². The Bertz CT molecular complexity index is 1650. The lowest BCUT2D eigenvalue weighted by Crippen LogP contribution is -2.38. The van der Waals surface area contributed by atoms with Crippen LogP contribution in [0.1, 0.15) is 44.2 Å². The third kappa shape index (κ3) is 5.75. The highest BCUT2D eigenvalue weighted by atomic mass is 19.2. The third-order valence-corrected chi connectivity index (χ3v) is 6.76. The Kier molecular flexibility index (Phi) is 7.27. The third-order valence-electron chi connectivity index (χ3n) is 6.76. The van der Waals surface area contributed by atoms with Gasteiger partial charge in [-0.25, -0.2) is 8.78 Å². The zero-order valence-corrected chi connectivity index (χ0v) is 20.8. The van der Waals surface area contributed by atoms with Gasteiger partial charge < -0.3 is 9.88 Å². The molecular weight excluding hydrogens is 502 g/mol. The largest absolute Gasteiger partial charge is 0.338 e. The van der Waals surface area contributed by atoms with Crippen molar-refractivity contribution < 1.29 is 23.2 Å². The van der Waals surface area contributed by atoms with Gasteiger partial charge in [0, 0.05) is 25.5 Å². The van der Waals surface area contributed by atoms with E-state index in [1.54, 1.807) is 30.3 Å². The highest BCUT2D eigenvalue weighted by molar-refractivity contribution is 5.98. The molecule has 3 aromatic carbocycles. The number of carbonyl (C=O) groups is 3. The molecule has 0 bridgehead atoms. The molecule has 1 aromatic heterocycles. The summed E-state index contributed by atoms with van der Waals surface area (Å²) in [5, 5.41) is 2.71. The molecular formula is C31H24F2N2O4. The van der Waals surface area contributed by atoms with Crippen molar-refractivity contribution in [2.75, 3.05) is 0 Å². The van der Waals surface area contributed by atoms with Gasteiger partial charge in [0.25, 0.3) is 11.5 Å². The van der Waals surface area contributed by atoms with E-state index in [0.29, 0.717) is 24.0 Å². The van der Waals surface area contributed by atoms with Gasteiger partial charge in [0.1, 0.15) is 17.4 Å². The number of amides is 1. The number of hydrogen-bond acceptors (Lipinski definition) is 4. The number of pyridine rings is 1. The zero-order chi connectivity index (χ0) is 27.5. The number of nitrogens with one attached hydrogen (secondary N) is 1. The van der Waals surface area contributed by atoms with Crippen molar-refractivity contribution in [2.24, 2.45) is 0 Å². The maximum atomic E-state index is 13.6. The fourth-order valence-electron chi connectivity index (χ4n) is 4.79. The predicted molar refractivity (Wildman–Crippen MR) is 140 cm³/mol. The van der Waals surface area contributed by atoms with Gasteiger partial charge in [-0.05, 0) is 52.1 Å². The molecule has 0 radical (unpaired) electrons. The van der Waals surface area contributed by atoms with Gasteiger partial charge in [-0.3, -0.25) is 19.2 Å². The van der Waals surface area contributed by atoms with Gasteiger partial charge in [-0.2, -0.15) is 0 Å². The molecule has 1 heterocycles. The van der Waals surface area contributed by atoms with Gasteiger partial charge in [0.2, 0.25) is 0 Å². The van der Waals surface area contributed by atoms with Crippen molar-refractivity contribution in [1.29, 1.82) is 0 Å². The summed E-state index contributed by atoms with van der Waals surface area (Å²) in [5.41, 5.74) is 2.70. The van der Waals surface area contributed by atoms with Crippen molar-refractivity contribution in [3.05, 3.63) is 140 Å². The van der Waals surface area contributed by atoms with Crippen molar-refractivity contribution in [2.45, 2.75) is 31.8 Å². The number of hydrogen-bond donors (Lipinski definition) is 1. The van der Waals surface area contributed by atoms with Crippen LogP contribution in [0.15, 0.2) is 89.9 Å². The summed E-state index contributed by atoms with van der Waals surface area (Å²) >= 11 is 0. The van der Waals surface area contributed by atoms with Gasteiger partial charge in [0.15, 0.2) is 17.4 Å². The number of benzene rings is 3. The fourth-order valence-corrected chi connectivity index (χ4v) is 4.79. The van der Waals surface area contributed by atoms with E-state index in [9.17, 15) is 28.0 Å². The summed E-state index contributed by atoms with van der Waals surface area (Å²) in [6.07, 6.45) is 2.22. The Morgan fingerprint density at radius 1 is 0.821 bits per heavy atom. The number of carbonyl (C=O) groups excluding carboxylic acids is 3. The van der Waals surface area contributed by atoms with Crippen LogP contribution in [0.4, 0.5) is 8.78 Å². The first-order valence-corrected chi connectivity index (χ1v) is 12.4. The highest BCUT2D eigenvalue weighted by Crippen LogP contribution is 2.23. The summed E-state index contributed by atoms with van der Waals surface area (Å²) in [4.78, 5) is 51.6. The number of ketones is 2. The molecule has 196 valence electrons. The molecule has 1 aliphatic rings. The Morgan fingerprint density at radius 3 is 2.33 bits per heavy atom. The van der Waals surface area contributed by atoms with E-state index < -0.39 is 29.1 Å². The number of aromatic nitrogens is 1. The molecule has 0 saturated heterocycles. The van der Waals surface area contributed by atoms with Crippen LogP contribution < -0.4 is 10.9 Å². The van der Waals surface area contributed by atoms with Crippen LogP contribution in [0.3, 0.4) is 0 Å². The minimum absolute atomic E-state index is 0.0243. The van der Waals surface area contributed by atoms with Gasteiger partial charge in [0.05, 0.1) is 6.54 Å². The molecule has 0 spiro atoms. The quantitative estimate of drug-likeness (QED) is 0.374. The number of Topliss-reactive ketones (excluding diaryl/α,β-unsaturated/α-hetero) is 2. The summed E-state index contributed by atoms with van der Waals surface area (Å²) in [6.45, 7) is -0.0704. The maximum Gasteiger partial charge on any atom is 0.263 e. The predicted octanol–water partition coefficient (Wildman–Crippen LogP) is 4.13. The highest BCUT2D eigenvalue weighted by Gasteiger charge is 2.26. The summed E-state index contributed by atoms with van der Waals surface area (Å²) in [7, 11) is 0. The van der Waals surface area contributed by atoms with Gasteiger partial charge >= 0.3 is 0 Å². The molecule has 1 unspecified atom stereocenters. The smallest absolute Gasteiger partial charge is 0.263 e. The molecule has 1 N–H and O–H groups in total. The van der Waals surface area contributed by atoms with Crippen LogP contribution in [0, 0.1) is 11.6 Å². The van der Waals surface area contributed by atoms with Crippen LogP contribution >= 0.6 is 0 Å². The first-order valence-electron chi connectivity index (χ1n) is 12.4. The number of rotatable bonds is 8. The second-order valence-electron chi connectivity index (χ2n) is 9.56. The first kappa shape index (κ1) is 25.9. The van der Waals surface area contributed by atoms with E-state index in [-0.39, 0.29) is 30.1 Å². The SMILES string of the molecule is O=C1Cc2ccc(CC(=O)C(NC(=O)c3cccn(Cc4ccc(F)c(F)c4)c3=O)c3ccccc3)cc2C1. The monoisotopic (exact) mass is 526 g/mol. The van der Waals surface area contributed by atoms with E-state index in [2.05, 4.69) is 5.32 Å². The maximum absolute atomic E-state index is 13.6. The van der Waals surface area contributed by atoms with Crippen LogP contribution in [-0.2, 0) is 35.4 Å². The van der Waals surface area contributed by atoms with E-state index in [1.165, 1.54) is 29.0 Å². The fraction of sp³-hybridized carbons (Fsp3) is 0.161. The van der Waals surface area contributed by atoms with E-state index in [1.807, 2.05) is 18.2 Å². The Labute approximate surface area is 222 Å². The Balaban J connectivity index is 1.38. The molecule has 0 fully saturated rings. The average Bonchev–Trinajstić information content (AvgIpc) is 3.30. The standard InChI is InChI=1S/C31H24F2N2O4/c32-26-11-9-20(14-27(26)33)18-35-12-4-7-25(31(35)39)30(38)34-29(21-5-2-1-3-6-21)28(37)15-19-8-10-22-16-24(36)17-23(22)13-19/h1-14,29H,15-18H2,(H,34,38). The summed E-state index contributed by atoms with van der Waals surface area (Å²) in [6, 6.07) is 19.4. The van der Waals surface area contributed by atoms with E-state index >= 15 is 0 Å². The van der Waals surface area contributed by atoms with Crippen LogP contribution in [-0.4, -0.2) is 22.0 Å². The minimum Gasteiger partial charge on any atom is -0.338 e. The Morgan fingerprint density at radius 2 is 1.56 bits per heavy atom.